The summed E-state index contributed by atoms with van der Waals surface area (Å²) in [5.41, 5.74) is 2.45. The smallest absolute Gasteiger partial charge is 0.475 e. The van der Waals surface area contributed by atoms with E-state index >= 15 is 0 Å². The van der Waals surface area contributed by atoms with E-state index in [-0.39, 0.29) is 17.9 Å². The van der Waals surface area contributed by atoms with Crippen molar-refractivity contribution in [1.29, 1.82) is 0 Å². The lowest BCUT2D eigenvalue weighted by molar-refractivity contribution is -0.192. The maximum absolute atomic E-state index is 13.2. The van der Waals surface area contributed by atoms with Crippen molar-refractivity contribution in [2.24, 2.45) is 0 Å². The van der Waals surface area contributed by atoms with Crippen LogP contribution < -0.4 is 15.5 Å². The number of amides is 2. The third-order valence-electron chi connectivity index (χ3n) is 5.18. The van der Waals surface area contributed by atoms with Gasteiger partial charge in [0.05, 0.1) is 5.52 Å². The molecular weight excluding hydrogens is 492 g/mol. The van der Waals surface area contributed by atoms with Gasteiger partial charge in [0.25, 0.3) is 0 Å². The van der Waals surface area contributed by atoms with Crippen LogP contribution in [0.5, 0.6) is 0 Å². The second-order valence-electron chi connectivity index (χ2n) is 7.66. The van der Waals surface area contributed by atoms with Crippen molar-refractivity contribution in [1.82, 2.24) is 10.3 Å². The summed E-state index contributed by atoms with van der Waals surface area (Å²) in [6.07, 6.45) is -1.63. The Morgan fingerprint density at radius 1 is 1.09 bits per heavy atom. The van der Waals surface area contributed by atoms with Gasteiger partial charge in [-0.3, -0.25) is 4.98 Å². The zero-order valence-corrected chi connectivity index (χ0v) is 18.9. The molecule has 0 unspecified atom stereocenters. The van der Waals surface area contributed by atoms with Crippen LogP contribution in [0.4, 0.5) is 33.7 Å². The molecule has 2 amide bonds. The molecule has 0 spiro atoms. The Morgan fingerprint density at radius 2 is 1.77 bits per heavy atom. The predicted molar refractivity (Wildman–Crippen MR) is 124 cm³/mol. The summed E-state index contributed by atoms with van der Waals surface area (Å²) >= 11 is 6.07. The number of aliphatic carboxylic acids is 1. The predicted octanol–water partition coefficient (Wildman–Crippen LogP) is 5.45. The van der Waals surface area contributed by atoms with Crippen molar-refractivity contribution >= 4 is 45.9 Å². The third kappa shape index (κ3) is 7.44. The van der Waals surface area contributed by atoms with Crippen LogP contribution in [0.2, 0.25) is 5.02 Å². The monoisotopic (exact) mass is 512 g/mol. The number of piperidine rings is 1. The van der Waals surface area contributed by atoms with Crippen molar-refractivity contribution in [2.75, 3.05) is 23.3 Å². The summed E-state index contributed by atoms with van der Waals surface area (Å²) in [5.74, 6) is -3.13. The fourth-order valence-corrected chi connectivity index (χ4v) is 3.73. The van der Waals surface area contributed by atoms with Gasteiger partial charge >= 0.3 is 18.2 Å². The number of fused-ring (bicyclic) bond motifs is 1. The quantitative estimate of drug-likeness (QED) is 0.406. The number of hydrogen-bond acceptors (Lipinski definition) is 4. The molecular formula is C23H21ClF4N4O3. The summed E-state index contributed by atoms with van der Waals surface area (Å²) in [6, 6.07) is 13.4. The van der Waals surface area contributed by atoms with Crippen molar-refractivity contribution in [3.8, 4) is 0 Å². The van der Waals surface area contributed by atoms with Crippen LogP contribution in [0.1, 0.15) is 12.8 Å². The first-order chi connectivity index (χ1) is 16.5. The topological polar surface area (TPSA) is 94.6 Å². The number of urea groups is 1. The first kappa shape index (κ1) is 26.0. The van der Waals surface area contributed by atoms with Crippen LogP contribution in [0, 0.1) is 5.82 Å². The van der Waals surface area contributed by atoms with Gasteiger partial charge in [0, 0.05) is 47.1 Å². The zero-order chi connectivity index (χ0) is 25.6. The van der Waals surface area contributed by atoms with Gasteiger partial charge in [0.2, 0.25) is 0 Å². The summed E-state index contributed by atoms with van der Waals surface area (Å²) < 4.78 is 45.0. The lowest BCUT2D eigenvalue weighted by Gasteiger charge is -2.34. The van der Waals surface area contributed by atoms with Crippen LogP contribution in [0.15, 0.2) is 54.7 Å². The first-order valence-corrected chi connectivity index (χ1v) is 10.8. The van der Waals surface area contributed by atoms with Crippen molar-refractivity contribution in [3.63, 3.8) is 0 Å². The highest BCUT2D eigenvalue weighted by atomic mass is 35.5. The number of alkyl halides is 3. The Hall–Kier alpha value is -3.60. The Kier molecular flexibility index (Phi) is 8.34. The molecule has 2 aromatic carbocycles. The SMILES string of the molecule is O=C(Nc1cccc(F)c1)NC1CCN(c2ccnc3cc(Cl)ccc23)CC1.O=C(O)C(F)(F)F. The third-order valence-corrected chi connectivity index (χ3v) is 5.41. The lowest BCUT2D eigenvalue weighted by Crippen LogP contribution is -2.46. The Balaban J connectivity index is 0.000000429. The molecule has 3 aromatic rings. The minimum Gasteiger partial charge on any atom is -0.475 e. The summed E-state index contributed by atoms with van der Waals surface area (Å²) in [6.45, 7) is 1.65. The van der Waals surface area contributed by atoms with E-state index in [1.165, 1.54) is 12.1 Å². The van der Waals surface area contributed by atoms with E-state index < -0.39 is 12.1 Å². The molecule has 4 rings (SSSR count). The first-order valence-electron chi connectivity index (χ1n) is 10.5. The Morgan fingerprint density at radius 3 is 2.40 bits per heavy atom. The highest BCUT2D eigenvalue weighted by Gasteiger charge is 2.38. The Bertz CT molecular complexity index is 1200. The number of halogens is 5. The number of carbonyl (C=O) groups is 2. The van der Waals surface area contributed by atoms with E-state index in [0.717, 1.165) is 42.5 Å². The molecule has 3 N–H and O–H groups in total. The minimum atomic E-state index is -5.08. The number of carboxylic acids is 1. The lowest BCUT2D eigenvalue weighted by atomic mass is 10.0. The van der Waals surface area contributed by atoms with Gasteiger partial charge in [-0.1, -0.05) is 17.7 Å². The molecule has 7 nitrogen and oxygen atoms in total. The second kappa shape index (κ2) is 11.2. The Labute approximate surface area is 202 Å². The molecule has 186 valence electrons. The molecule has 0 radical (unpaired) electrons. The largest absolute Gasteiger partial charge is 0.490 e. The molecule has 1 aliphatic heterocycles. The second-order valence-corrected chi connectivity index (χ2v) is 8.10. The number of benzene rings is 2. The number of anilines is 2. The summed E-state index contributed by atoms with van der Waals surface area (Å²) in [4.78, 5) is 27.8. The fourth-order valence-electron chi connectivity index (χ4n) is 3.57. The van der Waals surface area contributed by atoms with Crippen molar-refractivity contribution in [3.05, 3.63) is 65.6 Å². The number of nitrogens with zero attached hydrogens (tertiary/aromatic N) is 2. The standard InChI is InChI=1S/C21H20ClFN4O.C2HF3O2/c22-14-4-5-18-19(12-14)24-9-6-20(18)27-10-7-16(8-11-27)25-21(28)26-17-3-1-2-15(23)13-17;3-2(4,5)1(6)7/h1-6,9,12-13,16H,7-8,10-11H2,(H2,25,26,28);(H,6,7). The number of pyridine rings is 1. The van der Waals surface area contributed by atoms with Crippen LogP contribution in [-0.2, 0) is 4.79 Å². The van der Waals surface area contributed by atoms with E-state index in [0.29, 0.717) is 10.7 Å². The van der Waals surface area contributed by atoms with Gasteiger partial charge < -0.3 is 20.6 Å². The van der Waals surface area contributed by atoms with Gasteiger partial charge in [0.15, 0.2) is 0 Å². The van der Waals surface area contributed by atoms with Crippen molar-refractivity contribution < 1.29 is 32.3 Å². The van der Waals surface area contributed by atoms with Crippen LogP contribution in [0.25, 0.3) is 10.9 Å². The molecule has 0 aliphatic carbocycles. The molecule has 35 heavy (non-hydrogen) atoms. The van der Waals surface area contributed by atoms with Gasteiger partial charge in [-0.05, 0) is 55.3 Å². The van der Waals surface area contributed by atoms with E-state index in [4.69, 9.17) is 21.5 Å². The number of carboxylic acid groups (broad SMARTS) is 1. The molecule has 0 bridgehead atoms. The molecule has 1 aromatic heterocycles. The van der Waals surface area contributed by atoms with E-state index in [9.17, 15) is 22.4 Å². The number of hydrogen-bond donors (Lipinski definition) is 3. The normalized spacial score (nSPS) is 14.1. The molecule has 1 aliphatic rings. The summed E-state index contributed by atoms with van der Waals surface area (Å²) in [7, 11) is 0. The number of aromatic nitrogens is 1. The molecule has 1 fully saturated rings. The highest BCUT2D eigenvalue weighted by molar-refractivity contribution is 6.31. The average Bonchev–Trinajstić information content (AvgIpc) is 2.79. The van der Waals surface area contributed by atoms with Crippen LogP contribution in [-0.4, -0.2) is 47.4 Å². The minimum absolute atomic E-state index is 0.0763. The number of rotatable bonds is 3. The van der Waals surface area contributed by atoms with E-state index in [2.05, 4.69) is 20.5 Å². The number of nitrogens with one attached hydrogen (secondary N) is 2. The van der Waals surface area contributed by atoms with Gasteiger partial charge in [-0.2, -0.15) is 13.2 Å². The maximum atomic E-state index is 13.2. The molecule has 0 atom stereocenters. The van der Waals surface area contributed by atoms with E-state index in [1.54, 1.807) is 18.3 Å². The molecule has 12 heteroatoms. The van der Waals surface area contributed by atoms with Crippen LogP contribution >= 0.6 is 11.6 Å². The fraction of sp³-hybridized carbons (Fsp3) is 0.261. The zero-order valence-electron chi connectivity index (χ0n) is 18.1. The summed E-state index contributed by atoms with van der Waals surface area (Å²) in [5, 5.41) is 14.5. The highest BCUT2D eigenvalue weighted by Crippen LogP contribution is 2.29. The van der Waals surface area contributed by atoms with Gasteiger partial charge in [-0.25, -0.2) is 14.0 Å². The van der Waals surface area contributed by atoms with E-state index in [1.807, 2.05) is 24.3 Å². The average molecular weight is 513 g/mol. The van der Waals surface area contributed by atoms with Gasteiger partial charge in [0.1, 0.15) is 5.82 Å². The van der Waals surface area contributed by atoms with Gasteiger partial charge in [-0.15, -0.1) is 0 Å². The van der Waals surface area contributed by atoms with Crippen LogP contribution in [0.3, 0.4) is 0 Å². The molecule has 0 saturated carbocycles. The van der Waals surface area contributed by atoms with Crippen molar-refractivity contribution in [2.45, 2.75) is 25.1 Å². The maximum Gasteiger partial charge on any atom is 0.490 e. The molecule has 2 heterocycles. The molecule has 1 saturated heterocycles. The number of carbonyl (C=O) groups excluding carboxylic acids is 1.